The molecule has 0 radical (unpaired) electrons. The highest BCUT2D eigenvalue weighted by molar-refractivity contribution is 5.88. The van der Waals surface area contributed by atoms with Gasteiger partial charge in [-0.1, -0.05) is 32.9 Å². The van der Waals surface area contributed by atoms with Crippen LogP contribution in [0.25, 0.3) is 0 Å². The summed E-state index contributed by atoms with van der Waals surface area (Å²) in [5, 5.41) is 72.9. The van der Waals surface area contributed by atoms with Crippen molar-refractivity contribution >= 4 is 11.7 Å². The van der Waals surface area contributed by atoms with Crippen LogP contribution in [0.1, 0.15) is 94.9 Å². The highest BCUT2D eigenvalue weighted by Gasteiger charge is 2.54. The quantitative estimate of drug-likeness (QED) is 0.0352. The number of likely N-dealkylation sites (N-methyl/N-ethyl adjacent to an activating group) is 1. The van der Waals surface area contributed by atoms with E-state index in [1.165, 1.54) is 14.0 Å². The number of aliphatic hydroxyl groups excluding tert-OH is 3. The van der Waals surface area contributed by atoms with Crippen molar-refractivity contribution in [1.82, 2.24) is 0 Å². The molecule has 18 atom stereocenters. The largest absolute Gasteiger partial charge is 1.00 e. The summed E-state index contributed by atoms with van der Waals surface area (Å²) in [6.07, 6.45) is -10.1. The number of ether oxygens (including phenoxy) is 8. The SMILES string of the molecule is CCC1OC(=O)C(C)C(OC2CC(C)(OC)C(O)C(C)O2)C(C)C(OC2OC(C)CC([N+](C)(C)COCCOC)C2O)C(C)(O)CC(C)C(=NO)C(C)C(O)C1(C)O.[Cl-]. The molecule has 3 heterocycles. The van der Waals surface area contributed by atoms with Gasteiger partial charge in [0.05, 0.1) is 80.7 Å². The Hall–Kier alpha value is -1.29. The Balaban J connectivity index is 0.0000120. The van der Waals surface area contributed by atoms with E-state index in [9.17, 15) is 35.5 Å². The molecule has 0 aliphatic carbocycles. The number of esters is 1. The van der Waals surface area contributed by atoms with E-state index in [2.05, 4.69) is 5.16 Å². The molecule has 0 aromatic carbocycles. The number of hydrogen-bond acceptors (Lipinski definition) is 16. The third kappa shape index (κ3) is 12.5. The van der Waals surface area contributed by atoms with Gasteiger partial charge in [0.25, 0.3) is 0 Å². The molecule has 0 aromatic heterocycles. The van der Waals surface area contributed by atoms with Crippen LogP contribution in [-0.2, 0) is 42.7 Å². The second-order valence-corrected chi connectivity index (χ2v) is 18.4. The van der Waals surface area contributed by atoms with Gasteiger partial charge in [-0.25, -0.2) is 0 Å². The summed E-state index contributed by atoms with van der Waals surface area (Å²) in [5.74, 6) is -4.38. The van der Waals surface area contributed by atoms with Crippen LogP contribution in [0.2, 0.25) is 0 Å². The zero-order valence-corrected chi connectivity index (χ0v) is 38.5. The fraction of sp³-hybridized carbons (Fsp3) is 0.951. The maximum atomic E-state index is 14.3. The summed E-state index contributed by atoms with van der Waals surface area (Å²) in [6.45, 7) is 17.6. The predicted molar refractivity (Wildman–Crippen MR) is 212 cm³/mol. The predicted octanol–water partition coefficient (Wildman–Crippen LogP) is -0.814. The first-order valence-electron chi connectivity index (χ1n) is 20.8. The molecule has 3 fully saturated rings. The van der Waals surface area contributed by atoms with E-state index in [0.29, 0.717) is 19.6 Å². The van der Waals surface area contributed by atoms with E-state index in [0.717, 1.165) is 0 Å². The molecule has 3 aliphatic heterocycles. The van der Waals surface area contributed by atoms with Gasteiger partial charge in [-0.3, -0.25) is 4.79 Å². The van der Waals surface area contributed by atoms with Gasteiger partial charge < -0.3 is 85.5 Å². The minimum Gasteiger partial charge on any atom is -1.00 e. The van der Waals surface area contributed by atoms with Gasteiger partial charge in [-0.2, -0.15) is 0 Å². The molecule has 348 valence electrons. The molecule has 3 saturated heterocycles. The number of nitrogens with zero attached hydrogens (tertiary/aromatic N) is 2. The Morgan fingerprint density at radius 2 is 1.53 bits per heavy atom. The Kier molecular flexibility index (Phi) is 20.0. The Morgan fingerprint density at radius 3 is 2.08 bits per heavy atom. The van der Waals surface area contributed by atoms with E-state index in [1.807, 2.05) is 21.0 Å². The van der Waals surface area contributed by atoms with Gasteiger partial charge >= 0.3 is 5.97 Å². The summed E-state index contributed by atoms with van der Waals surface area (Å²) < 4.78 is 49.0. The van der Waals surface area contributed by atoms with Crippen LogP contribution in [0.4, 0.5) is 0 Å². The number of carbonyl (C=O) groups is 1. The van der Waals surface area contributed by atoms with Gasteiger partial charge in [-0.05, 0) is 54.4 Å². The first kappa shape index (κ1) is 53.8. The molecule has 59 heavy (non-hydrogen) atoms. The molecule has 17 nitrogen and oxygen atoms in total. The topological polar surface area (TPSA) is 225 Å². The summed E-state index contributed by atoms with van der Waals surface area (Å²) in [6, 6.07) is -0.417. The van der Waals surface area contributed by atoms with E-state index in [4.69, 9.17) is 37.9 Å². The van der Waals surface area contributed by atoms with Crippen LogP contribution >= 0.6 is 0 Å². The van der Waals surface area contributed by atoms with Gasteiger partial charge in [0, 0.05) is 44.8 Å². The fourth-order valence-corrected chi connectivity index (χ4v) is 9.33. The number of rotatable bonds is 12. The lowest BCUT2D eigenvalue weighted by Crippen LogP contribution is -3.00. The minimum atomic E-state index is -1.99. The number of oxime groups is 1. The summed E-state index contributed by atoms with van der Waals surface area (Å²) in [7, 11) is 6.96. The summed E-state index contributed by atoms with van der Waals surface area (Å²) in [4.78, 5) is 14.3. The van der Waals surface area contributed by atoms with Crippen molar-refractivity contribution in [3.05, 3.63) is 0 Å². The molecule has 0 aromatic rings. The van der Waals surface area contributed by atoms with Gasteiger partial charge in [-0.15, -0.1) is 0 Å². The second kappa shape index (κ2) is 21.9. The highest BCUT2D eigenvalue weighted by atomic mass is 35.5. The molecule has 3 aliphatic rings. The van der Waals surface area contributed by atoms with Crippen molar-refractivity contribution in [2.24, 2.45) is 28.8 Å². The Bertz CT molecular complexity index is 1340. The van der Waals surface area contributed by atoms with Gasteiger partial charge in [0.2, 0.25) is 0 Å². The van der Waals surface area contributed by atoms with Crippen LogP contribution in [0.5, 0.6) is 0 Å². The standard InChI is InChI=1S/C41H76N2O15.ClH/c1-15-29-41(10,49)34(45)24(4)31(42-50)22(2)19-39(8,48)36(58-38-32(44)28(18-23(3)54-38)43(11,12)21-53-17-16-51-13)25(5)33(26(6)37(47)56-29)57-30-20-40(9,52-14)35(46)27(7)55-30;/h22-30,32-36,38,44-46,48-49H,15-21H2,1-14H3;1H. The van der Waals surface area contributed by atoms with E-state index in [-0.39, 0.29) is 54.7 Å². The zero-order chi connectivity index (χ0) is 44.1. The summed E-state index contributed by atoms with van der Waals surface area (Å²) >= 11 is 0. The molecule has 18 heteroatoms. The van der Waals surface area contributed by atoms with E-state index < -0.39 is 108 Å². The molecular formula is C41H77ClN2O15. The lowest BCUT2D eigenvalue weighted by Gasteiger charge is -2.50. The van der Waals surface area contributed by atoms with E-state index in [1.54, 1.807) is 62.5 Å². The monoisotopic (exact) mass is 873 g/mol. The van der Waals surface area contributed by atoms with E-state index >= 15 is 0 Å². The average Bonchev–Trinajstić information content (AvgIpc) is 3.15. The molecule has 0 amide bonds. The van der Waals surface area contributed by atoms with Crippen molar-refractivity contribution < 1.29 is 90.3 Å². The number of cyclic esters (lactones) is 1. The first-order valence-corrected chi connectivity index (χ1v) is 20.8. The van der Waals surface area contributed by atoms with Crippen LogP contribution in [-0.4, -0.2) is 179 Å². The molecule has 0 saturated carbocycles. The Labute approximate surface area is 357 Å². The molecule has 18 unspecified atom stereocenters. The normalized spacial score (nSPS) is 45.3. The van der Waals surface area contributed by atoms with Gasteiger partial charge in [0.1, 0.15) is 23.9 Å². The maximum Gasteiger partial charge on any atom is 0.311 e. The first-order chi connectivity index (χ1) is 26.8. The number of carbonyl (C=O) groups excluding carboxylic acids is 1. The van der Waals surface area contributed by atoms with Crippen LogP contribution in [0.15, 0.2) is 5.16 Å². The number of halogens is 1. The molecule has 3 rings (SSSR count). The lowest BCUT2D eigenvalue weighted by molar-refractivity contribution is -0.939. The number of methoxy groups -OCH3 is 2. The summed E-state index contributed by atoms with van der Waals surface area (Å²) in [5.41, 5.74) is -4.78. The second-order valence-electron chi connectivity index (χ2n) is 18.4. The maximum absolute atomic E-state index is 14.3. The number of hydrogen-bond donors (Lipinski definition) is 6. The van der Waals surface area contributed by atoms with Crippen LogP contribution in [0.3, 0.4) is 0 Å². The van der Waals surface area contributed by atoms with Crippen molar-refractivity contribution in [2.45, 2.75) is 179 Å². The number of aliphatic hydroxyl groups is 5. The van der Waals surface area contributed by atoms with Crippen molar-refractivity contribution in [2.75, 3.05) is 48.3 Å². The zero-order valence-electron chi connectivity index (χ0n) is 37.7. The third-order valence-electron chi connectivity index (χ3n) is 13.1. The average molecular weight is 874 g/mol. The van der Waals surface area contributed by atoms with Crippen LogP contribution < -0.4 is 12.4 Å². The molecule has 6 N–H and O–H groups in total. The minimum absolute atomic E-state index is 0. The van der Waals surface area contributed by atoms with Crippen LogP contribution in [0, 0.1) is 23.7 Å². The molecule has 0 spiro atoms. The van der Waals surface area contributed by atoms with Crippen molar-refractivity contribution in [1.29, 1.82) is 0 Å². The van der Waals surface area contributed by atoms with Gasteiger partial charge in [0.15, 0.2) is 25.4 Å². The third-order valence-corrected chi connectivity index (χ3v) is 13.1. The van der Waals surface area contributed by atoms with Crippen molar-refractivity contribution in [3.63, 3.8) is 0 Å². The molecule has 0 bridgehead atoms. The smallest absolute Gasteiger partial charge is 0.311 e. The number of quaternary nitrogens is 1. The molecular weight excluding hydrogens is 796 g/mol. The highest BCUT2D eigenvalue weighted by Crippen LogP contribution is 2.41. The fourth-order valence-electron chi connectivity index (χ4n) is 9.33. The lowest BCUT2D eigenvalue weighted by atomic mass is 9.73. The Morgan fingerprint density at radius 1 is 0.898 bits per heavy atom. The van der Waals surface area contributed by atoms with Crippen molar-refractivity contribution in [3.8, 4) is 0 Å².